The number of fused-ring (bicyclic) bond motifs is 2. The molecule has 5 rings (SSSR count). The SMILES string of the molecule is Cc1c(C)c(S(=O)(=O)NC(=N)NCCCC(NC(=O)c2nc(N)c(C(=O)N[C@@H](CCCNC(=N)NS(=O)(=O)c3c(C)c(C)c4c(c3C)CC(C)(C)O4)C(=O)NCCNC(=O)OC(C)(C)C)nc2N)C(=O)NCCNC(=O)OC(C)(C)C)c(C)c2c1OC(C)(C)C2. The summed E-state index contributed by atoms with van der Waals surface area (Å²) in [6.45, 7) is 27.5. The first kappa shape index (κ1) is 72.3. The molecule has 2 aliphatic heterocycles. The van der Waals surface area contributed by atoms with E-state index in [2.05, 4.69) is 61.9 Å². The van der Waals surface area contributed by atoms with Gasteiger partial charge in [0.05, 0.1) is 9.79 Å². The lowest BCUT2D eigenvalue weighted by Crippen LogP contribution is -2.49. The minimum atomic E-state index is -4.28. The van der Waals surface area contributed by atoms with E-state index in [1.54, 1.807) is 83.1 Å². The summed E-state index contributed by atoms with van der Waals surface area (Å²) in [5, 5.41) is 37.7. The molecule has 1 unspecified atom stereocenters. The average molecular weight is 1300 g/mol. The lowest BCUT2D eigenvalue weighted by atomic mass is 9.94. The van der Waals surface area contributed by atoms with Crippen molar-refractivity contribution in [2.75, 3.05) is 50.7 Å². The minimum Gasteiger partial charge on any atom is -0.487 e. The largest absolute Gasteiger partial charge is 0.487 e. The summed E-state index contributed by atoms with van der Waals surface area (Å²) in [6.07, 6.45) is -0.646. The summed E-state index contributed by atoms with van der Waals surface area (Å²) >= 11 is 0. The van der Waals surface area contributed by atoms with E-state index in [0.717, 1.165) is 11.1 Å². The van der Waals surface area contributed by atoms with Crippen LogP contribution < -0.4 is 72.9 Å². The van der Waals surface area contributed by atoms with Crippen LogP contribution in [0.2, 0.25) is 0 Å². The highest BCUT2D eigenvalue weighted by Crippen LogP contribution is 2.45. The molecule has 30 nitrogen and oxygen atoms in total. The van der Waals surface area contributed by atoms with E-state index >= 15 is 0 Å². The van der Waals surface area contributed by atoms with E-state index in [1.807, 2.05) is 27.7 Å². The lowest BCUT2D eigenvalue weighted by molar-refractivity contribution is -0.123. The molecule has 3 aromatic rings. The molecule has 1 aromatic heterocycles. The fourth-order valence-corrected chi connectivity index (χ4v) is 13.2. The maximum Gasteiger partial charge on any atom is 0.407 e. The highest BCUT2D eigenvalue weighted by Gasteiger charge is 2.39. The number of carbonyl (C=O) groups excluding carboxylic acids is 6. The van der Waals surface area contributed by atoms with Gasteiger partial charge in [0.15, 0.2) is 23.0 Å². The number of ether oxygens (including phenoxy) is 4. The van der Waals surface area contributed by atoms with Gasteiger partial charge < -0.3 is 72.9 Å². The number of hydrogen-bond donors (Lipinski definition) is 14. The number of nitrogens with one attached hydrogen (secondary N) is 12. The van der Waals surface area contributed by atoms with Crippen LogP contribution in [0.5, 0.6) is 11.5 Å². The molecular formula is C58H90N16O14S2. The lowest BCUT2D eigenvalue weighted by Gasteiger charge is -2.21. The van der Waals surface area contributed by atoms with Crippen molar-refractivity contribution in [3.63, 3.8) is 0 Å². The Hall–Kier alpha value is -8.42. The fraction of sp³-hybridized carbons (Fsp3) is 0.586. The number of nitrogens with two attached hydrogens (primary N) is 2. The van der Waals surface area contributed by atoms with E-state index in [0.29, 0.717) is 57.7 Å². The molecule has 16 N–H and O–H groups in total. The van der Waals surface area contributed by atoms with Gasteiger partial charge in [0.1, 0.15) is 46.0 Å². The zero-order chi connectivity index (χ0) is 67.8. The van der Waals surface area contributed by atoms with Gasteiger partial charge in [-0.15, -0.1) is 0 Å². The van der Waals surface area contributed by atoms with Gasteiger partial charge in [0, 0.05) is 63.2 Å². The highest BCUT2D eigenvalue weighted by atomic mass is 32.2. The van der Waals surface area contributed by atoms with Gasteiger partial charge in [-0.1, -0.05) is 0 Å². The summed E-state index contributed by atoms with van der Waals surface area (Å²) in [7, 11) is -8.56. The standard InChI is InChI=1S/C58H90N16O14S2/c1-29-31(3)43(33(5)35-27-57(13,14)85-41(29)35)89(81,82)73-51(61)65-21-17-19-37(47(75)63-23-25-67-53(79)87-55(7,8)9)69-49(77)39-45(59)72-40(46(60)71-39)50(78)70-38(48(76)64-24-26-68-54(80)88-56(10,11)12)20-18-22-66-52(62)74-90(83,84)44-32(4)30(2)42-36(34(44)6)28-58(15,16)86-42/h37-38H,17-28H2,1-16H3,(H2,60,71)(H2,59,72)(H,63,75)(H,64,76)(H,67,79)(H,68,80)(H,69,77)(H,70,78)(H3,61,65,73)(H3,62,66,74)/t37-,38?/m0/s1. The van der Waals surface area contributed by atoms with E-state index in [1.165, 1.54) is 0 Å². The van der Waals surface area contributed by atoms with Gasteiger partial charge in [-0.2, -0.15) is 0 Å². The third kappa shape index (κ3) is 19.3. The van der Waals surface area contributed by atoms with Crippen molar-refractivity contribution >= 4 is 79.4 Å². The molecule has 6 amide bonds. The van der Waals surface area contributed by atoms with Gasteiger partial charge in [-0.05, 0) is 170 Å². The van der Waals surface area contributed by atoms with Crippen LogP contribution in [-0.2, 0) is 52.0 Å². The molecule has 2 atom stereocenters. The number of aromatic nitrogens is 2. The van der Waals surface area contributed by atoms with Crippen LogP contribution >= 0.6 is 0 Å². The first-order valence-electron chi connectivity index (χ1n) is 29.3. The summed E-state index contributed by atoms with van der Waals surface area (Å²) in [4.78, 5) is 88.0. The molecule has 0 aliphatic carbocycles. The summed E-state index contributed by atoms with van der Waals surface area (Å²) < 4.78 is 82.5. The van der Waals surface area contributed by atoms with Crippen molar-refractivity contribution in [1.82, 2.24) is 61.9 Å². The molecule has 2 aromatic carbocycles. The Morgan fingerprint density at radius 3 is 1.17 bits per heavy atom. The van der Waals surface area contributed by atoms with E-state index < -0.39 is 125 Å². The van der Waals surface area contributed by atoms with E-state index in [9.17, 15) is 45.6 Å². The molecule has 32 heteroatoms. The molecular weight excluding hydrogens is 1210 g/mol. The number of nitrogen functional groups attached to an aromatic ring is 2. The Bertz CT molecular complexity index is 3310. The maximum absolute atomic E-state index is 13.9. The average Bonchev–Trinajstić information content (AvgIpc) is 1.50. The van der Waals surface area contributed by atoms with Crippen LogP contribution in [0.25, 0.3) is 0 Å². The molecule has 0 spiro atoms. The number of amides is 6. The molecule has 0 saturated carbocycles. The van der Waals surface area contributed by atoms with Crippen molar-refractivity contribution in [2.24, 2.45) is 0 Å². The molecule has 0 radical (unpaired) electrons. The zero-order valence-corrected chi connectivity index (χ0v) is 55.9. The second-order valence-electron chi connectivity index (χ2n) is 25.4. The number of guanidine groups is 2. The Labute approximate surface area is 526 Å². The summed E-state index contributed by atoms with van der Waals surface area (Å²) in [5.41, 5.74) is 13.4. The molecule has 0 fully saturated rings. The molecule has 498 valence electrons. The van der Waals surface area contributed by atoms with Crippen molar-refractivity contribution in [1.29, 1.82) is 10.8 Å². The predicted octanol–water partition coefficient (Wildman–Crippen LogP) is 2.96. The number of rotatable bonds is 24. The van der Waals surface area contributed by atoms with Crippen molar-refractivity contribution < 1.29 is 64.6 Å². The van der Waals surface area contributed by atoms with Gasteiger partial charge in [-0.3, -0.25) is 30.0 Å². The molecule has 0 saturated heterocycles. The first-order chi connectivity index (χ1) is 41.4. The van der Waals surface area contributed by atoms with E-state index in [-0.39, 0.29) is 74.7 Å². The third-order valence-corrected chi connectivity index (χ3v) is 17.6. The second-order valence-corrected chi connectivity index (χ2v) is 28.6. The smallest absolute Gasteiger partial charge is 0.407 e. The monoisotopic (exact) mass is 1300 g/mol. The Kier molecular flexibility index (Phi) is 23.0. The van der Waals surface area contributed by atoms with Crippen LogP contribution in [0.4, 0.5) is 21.2 Å². The third-order valence-electron chi connectivity index (χ3n) is 14.3. The summed E-state index contributed by atoms with van der Waals surface area (Å²) in [6, 6.07) is -2.71. The highest BCUT2D eigenvalue weighted by molar-refractivity contribution is 7.90. The molecule has 3 heterocycles. The number of hydrogen-bond acceptors (Lipinski definition) is 20. The molecule has 2 aliphatic rings. The second kappa shape index (κ2) is 28.6. The Balaban J connectivity index is 1.27. The Morgan fingerprint density at radius 2 is 0.844 bits per heavy atom. The van der Waals surface area contributed by atoms with Crippen molar-refractivity contribution in [3.05, 3.63) is 55.9 Å². The van der Waals surface area contributed by atoms with Crippen LogP contribution in [0.3, 0.4) is 0 Å². The normalized spacial score (nSPS) is 14.6. The van der Waals surface area contributed by atoms with Crippen LogP contribution in [0.15, 0.2) is 9.79 Å². The minimum absolute atomic E-state index is 0.0254. The number of benzene rings is 2. The quantitative estimate of drug-likeness (QED) is 0.0348. The number of alkyl carbamates (subject to hydrolysis) is 2. The van der Waals surface area contributed by atoms with Gasteiger partial charge >= 0.3 is 12.2 Å². The van der Waals surface area contributed by atoms with Crippen LogP contribution in [-0.4, -0.2) is 148 Å². The number of nitrogens with zero attached hydrogens (tertiary/aromatic N) is 2. The van der Waals surface area contributed by atoms with Gasteiger partial charge in [-0.25, -0.2) is 45.8 Å². The van der Waals surface area contributed by atoms with E-state index in [4.69, 9.17) is 41.2 Å². The molecule has 0 bridgehead atoms. The molecule has 90 heavy (non-hydrogen) atoms. The van der Waals surface area contributed by atoms with Crippen LogP contribution in [0.1, 0.15) is 160 Å². The topological polar surface area (TPSA) is 453 Å². The van der Waals surface area contributed by atoms with Crippen molar-refractivity contribution in [2.45, 2.75) is 194 Å². The summed E-state index contributed by atoms with van der Waals surface area (Å²) in [5.74, 6) is -4.68. The number of anilines is 2. The number of carbonyl (C=O) groups is 6. The predicted molar refractivity (Wildman–Crippen MR) is 337 cm³/mol. The van der Waals surface area contributed by atoms with Crippen molar-refractivity contribution in [3.8, 4) is 11.5 Å². The van der Waals surface area contributed by atoms with Crippen LogP contribution in [0, 0.1) is 52.4 Å². The zero-order valence-electron chi connectivity index (χ0n) is 54.2. The van der Waals surface area contributed by atoms with Gasteiger partial charge in [0.25, 0.3) is 31.9 Å². The fourth-order valence-electron chi connectivity index (χ4n) is 10.1. The van der Waals surface area contributed by atoms with Gasteiger partial charge in [0.2, 0.25) is 23.7 Å². The number of sulfonamides is 2. The maximum atomic E-state index is 13.9. The Morgan fingerprint density at radius 1 is 0.522 bits per heavy atom. The first-order valence-corrected chi connectivity index (χ1v) is 32.3.